The summed E-state index contributed by atoms with van der Waals surface area (Å²) in [5.74, 6) is -0.730. The Kier molecular flexibility index (Phi) is 4.03. The summed E-state index contributed by atoms with van der Waals surface area (Å²) < 4.78 is 0. The number of nitrogens with zero attached hydrogens (tertiary/aromatic N) is 5. The molecule has 2 heterocycles. The summed E-state index contributed by atoms with van der Waals surface area (Å²) in [4.78, 5) is 29.7. The molecule has 0 saturated heterocycles. The number of halogens is 1. The minimum absolute atomic E-state index is 0.0225. The van der Waals surface area contributed by atoms with Crippen LogP contribution in [-0.2, 0) is 0 Å². The normalized spacial score (nSPS) is 10.2. The third-order valence-electron chi connectivity index (χ3n) is 2.60. The smallest absolute Gasteiger partial charge is 0.288 e. The molecular formula is C11H9ClN6O3. The van der Waals surface area contributed by atoms with Gasteiger partial charge in [0.2, 0.25) is 5.95 Å². The average molecular weight is 309 g/mol. The van der Waals surface area contributed by atoms with E-state index in [1.54, 1.807) is 13.8 Å². The SMILES string of the molecule is Cc1nnc(NC(=O)c2cc([N+](=O)[O-])cnc2Cl)nc1C. The number of nitrogens with one attached hydrogen (secondary N) is 1. The molecule has 1 N–H and O–H groups in total. The van der Waals surface area contributed by atoms with Crippen molar-refractivity contribution in [2.24, 2.45) is 0 Å². The van der Waals surface area contributed by atoms with Crippen LogP contribution in [0, 0.1) is 24.0 Å². The second kappa shape index (κ2) is 5.75. The van der Waals surface area contributed by atoms with Gasteiger partial charge in [0.15, 0.2) is 0 Å². The summed E-state index contributed by atoms with van der Waals surface area (Å²) in [6.07, 6.45) is 0.965. The van der Waals surface area contributed by atoms with Crippen molar-refractivity contribution in [2.45, 2.75) is 13.8 Å². The third-order valence-corrected chi connectivity index (χ3v) is 2.90. The van der Waals surface area contributed by atoms with E-state index < -0.39 is 10.8 Å². The van der Waals surface area contributed by atoms with Gasteiger partial charge in [-0.3, -0.25) is 20.2 Å². The molecule has 0 fully saturated rings. The van der Waals surface area contributed by atoms with Crippen LogP contribution in [0.3, 0.4) is 0 Å². The van der Waals surface area contributed by atoms with E-state index in [2.05, 4.69) is 25.5 Å². The number of aryl methyl sites for hydroxylation is 2. The number of aromatic nitrogens is 4. The van der Waals surface area contributed by atoms with Crippen molar-refractivity contribution in [3.63, 3.8) is 0 Å². The van der Waals surface area contributed by atoms with E-state index in [-0.39, 0.29) is 22.4 Å². The molecule has 0 aliphatic heterocycles. The molecule has 2 aromatic rings. The summed E-state index contributed by atoms with van der Waals surface area (Å²) >= 11 is 5.77. The van der Waals surface area contributed by atoms with Crippen LogP contribution in [0.4, 0.5) is 11.6 Å². The average Bonchev–Trinajstić information content (AvgIpc) is 2.43. The van der Waals surface area contributed by atoms with Crippen molar-refractivity contribution >= 4 is 29.1 Å². The van der Waals surface area contributed by atoms with Crippen LogP contribution in [0.2, 0.25) is 5.15 Å². The fraction of sp³-hybridized carbons (Fsp3) is 0.182. The number of amides is 1. The molecular weight excluding hydrogens is 300 g/mol. The van der Waals surface area contributed by atoms with Crippen LogP contribution in [0.1, 0.15) is 21.7 Å². The highest BCUT2D eigenvalue weighted by molar-refractivity contribution is 6.33. The van der Waals surface area contributed by atoms with Gasteiger partial charge in [-0.2, -0.15) is 5.10 Å². The molecule has 10 heteroatoms. The van der Waals surface area contributed by atoms with Crippen LogP contribution in [0.5, 0.6) is 0 Å². The molecule has 0 saturated carbocycles. The Labute approximate surface area is 123 Å². The predicted molar refractivity (Wildman–Crippen MR) is 73.2 cm³/mol. The number of anilines is 1. The first-order chi connectivity index (χ1) is 9.88. The zero-order chi connectivity index (χ0) is 15.6. The minimum atomic E-state index is -0.707. The minimum Gasteiger partial charge on any atom is -0.289 e. The van der Waals surface area contributed by atoms with Crippen molar-refractivity contribution in [3.8, 4) is 0 Å². The van der Waals surface area contributed by atoms with E-state index >= 15 is 0 Å². The lowest BCUT2D eigenvalue weighted by Gasteiger charge is -2.05. The number of pyridine rings is 1. The number of nitro groups is 1. The Morgan fingerprint density at radius 2 is 2.05 bits per heavy atom. The highest BCUT2D eigenvalue weighted by Gasteiger charge is 2.18. The van der Waals surface area contributed by atoms with Gasteiger partial charge < -0.3 is 0 Å². The van der Waals surface area contributed by atoms with Gasteiger partial charge in [0.25, 0.3) is 11.6 Å². The van der Waals surface area contributed by atoms with Gasteiger partial charge in [0.05, 0.1) is 21.9 Å². The largest absolute Gasteiger partial charge is 0.289 e. The van der Waals surface area contributed by atoms with Gasteiger partial charge in [0, 0.05) is 6.07 Å². The fourth-order valence-corrected chi connectivity index (χ4v) is 1.56. The Morgan fingerprint density at radius 1 is 1.33 bits per heavy atom. The van der Waals surface area contributed by atoms with E-state index in [0.717, 1.165) is 12.3 Å². The van der Waals surface area contributed by atoms with Crippen molar-refractivity contribution in [1.82, 2.24) is 20.2 Å². The van der Waals surface area contributed by atoms with Crippen LogP contribution < -0.4 is 5.32 Å². The maximum absolute atomic E-state index is 12.0. The second-order valence-corrected chi connectivity index (χ2v) is 4.41. The summed E-state index contributed by atoms with van der Waals surface area (Å²) in [5, 5.41) is 20.4. The lowest BCUT2D eigenvalue weighted by atomic mass is 10.2. The molecule has 108 valence electrons. The highest BCUT2D eigenvalue weighted by atomic mass is 35.5. The number of hydrogen-bond donors (Lipinski definition) is 1. The van der Waals surface area contributed by atoms with E-state index in [9.17, 15) is 14.9 Å². The van der Waals surface area contributed by atoms with Gasteiger partial charge in [-0.25, -0.2) is 9.97 Å². The van der Waals surface area contributed by atoms with Crippen LogP contribution in [-0.4, -0.2) is 31.0 Å². The van der Waals surface area contributed by atoms with E-state index in [0.29, 0.717) is 11.4 Å². The molecule has 0 aliphatic carbocycles. The third kappa shape index (κ3) is 3.26. The monoisotopic (exact) mass is 308 g/mol. The van der Waals surface area contributed by atoms with E-state index in [1.807, 2.05) is 0 Å². The molecule has 0 atom stereocenters. The Balaban J connectivity index is 2.29. The first-order valence-electron chi connectivity index (χ1n) is 5.67. The number of carbonyl (C=O) groups excluding carboxylic acids is 1. The van der Waals surface area contributed by atoms with Gasteiger partial charge in [-0.05, 0) is 13.8 Å². The first kappa shape index (κ1) is 14.7. The number of hydrogen-bond acceptors (Lipinski definition) is 7. The maximum Gasteiger partial charge on any atom is 0.288 e. The molecule has 1 amide bonds. The molecule has 0 spiro atoms. The van der Waals surface area contributed by atoms with Crippen molar-refractivity contribution in [2.75, 3.05) is 5.32 Å². The summed E-state index contributed by atoms with van der Waals surface area (Å²) in [6.45, 7) is 3.43. The zero-order valence-electron chi connectivity index (χ0n) is 11.0. The Bertz CT molecular complexity index is 736. The number of carbonyl (C=O) groups is 1. The Morgan fingerprint density at radius 3 is 2.67 bits per heavy atom. The second-order valence-electron chi connectivity index (χ2n) is 4.05. The first-order valence-corrected chi connectivity index (χ1v) is 6.05. The van der Waals surface area contributed by atoms with E-state index in [1.165, 1.54) is 0 Å². The summed E-state index contributed by atoms with van der Waals surface area (Å²) in [6, 6.07) is 1.03. The zero-order valence-corrected chi connectivity index (χ0v) is 11.7. The van der Waals surface area contributed by atoms with Gasteiger partial charge >= 0.3 is 0 Å². The van der Waals surface area contributed by atoms with Crippen LogP contribution >= 0.6 is 11.6 Å². The molecule has 21 heavy (non-hydrogen) atoms. The quantitative estimate of drug-likeness (QED) is 0.519. The van der Waals surface area contributed by atoms with Crippen LogP contribution in [0.25, 0.3) is 0 Å². The predicted octanol–water partition coefficient (Wildman–Crippen LogP) is 1.70. The lowest BCUT2D eigenvalue weighted by Crippen LogP contribution is -2.16. The van der Waals surface area contributed by atoms with Crippen molar-refractivity contribution < 1.29 is 9.72 Å². The Hall–Kier alpha value is -2.68. The fourth-order valence-electron chi connectivity index (χ4n) is 1.37. The molecule has 0 radical (unpaired) electrons. The topological polar surface area (TPSA) is 124 Å². The lowest BCUT2D eigenvalue weighted by molar-refractivity contribution is -0.385. The molecule has 2 rings (SSSR count). The van der Waals surface area contributed by atoms with E-state index in [4.69, 9.17) is 11.6 Å². The molecule has 0 bridgehead atoms. The standard InChI is InChI=1S/C11H9ClN6O3/c1-5-6(2)16-17-11(14-5)15-10(19)8-3-7(18(20)21)4-13-9(8)12/h3-4H,1-2H3,(H,14,15,17,19). The van der Waals surface area contributed by atoms with Crippen LogP contribution in [0.15, 0.2) is 12.3 Å². The summed E-state index contributed by atoms with van der Waals surface area (Å²) in [7, 11) is 0. The maximum atomic E-state index is 12.0. The van der Waals surface area contributed by atoms with Gasteiger partial charge in [0.1, 0.15) is 11.3 Å². The molecule has 0 aliphatic rings. The van der Waals surface area contributed by atoms with Gasteiger partial charge in [-0.15, -0.1) is 5.10 Å². The van der Waals surface area contributed by atoms with Crippen molar-refractivity contribution in [1.29, 1.82) is 0 Å². The van der Waals surface area contributed by atoms with Crippen molar-refractivity contribution in [3.05, 3.63) is 44.5 Å². The molecule has 0 unspecified atom stereocenters. The number of rotatable bonds is 3. The molecule has 0 aromatic carbocycles. The van der Waals surface area contributed by atoms with Gasteiger partial charge in [-0.1, -0.05) is 11.6 Å². The summed E-state index contributed by atoms with van der Waals surface area (Å²) in [5.41, 5.74) is 0.739. The molecule has 2 aromatic heterocycles. The highest BCUT2D eigenvalue weighted by Crippen LogP contribution is 2.19. The molecule has 9 nitrogen and oxygen atoms in total.